The Morgan fingerprint density at radius 2 is 1.86 bits per heavy atom. The van der Waals surface area contributed by atoms with Gasteiger partial charge in [-0.05, 0) is 13.1 Å². The monoisotopic (exact) mass is 228 g/mol. The molecule has 0 unspecified atom stereocenters. The summed E-state index contributed by atoms with van der Waals surface area (Å²) in [7, 11) is -2.28. The van der Waals surface area contributed by atoms with Crippen LogP contribution in [-0.2, 0) is 8.85 Å². The van der Waals surface area contributed by atoms with Crippen LogP contribution in [0.4, 0.5) is 0 Å². The van der Waals surface area contributed by atoms with Crippen LogP contribution in [0.3, 0.4) is 0 Å². The average Bonchev–Trinajstić information content (AvgIpc) is 2.18. The first-order valence-electron chi connectivity index (χ1n) is 4.66. The van der Waals surface area contributed by atoms with Gasteiger partial charge in [0.1, 0.15) is 6.79 Å². The molecule has 0 fully saturated rings. The summed E-state index contributed by atoms with van der Waals surface area (Å²) in [6, 6.07) is 0. The van der Waals surface area contributed by atoms with E-state index in [1.807, 2.05) is 17.9 Å². The van der Waals surface area contributed by atoms with Crippen molar-refractivity contribution in [2.75, 3.05) is 6.79 Å². The quantitative estimate of drug-likeness (QED) is 0.274. The van der Waals surface area contributed by atoms with Crippen LogP contribution in [-0.4, -0.2) is 24.9 Å². The number of hydrogen-bond acceptors (Lipinski definition) is 2. The Kier molecular flexibility index (Phi) is 6.73. The summed E-state index contributed by atoms with van der Waals surface area (Å²) in [5.41, 5.74) is 2.24. The van der Waals surface area contributed by atoms with E-state index in [0.717, 1.165) is 0 Å². The second kappa shape index (κ2) is 6.94. The molecular weight excluding hydrogens is 208 g/mol. The van der Waals surface area contributed by atoms with Crippen LogP contribution in [0.15, 0.2) is 37.6 Å². The van der Waals surface area contributed by atoms with E-state index >= 15 is 0 Å². The topological polar surface area (TPSA) is 18.5 Å². The molecule has 0 aliphatic carbocycles. The predicted octanol–water partition coefficient (Wildman–Crippen LogP) is 2.15. The van der Waals surface area contributed by atoms with Gasteiger partial charge in [0.15, 0.2) is 9.76 Å². The molecule has 0 amide bonds. The molecule has 4 heteroatoms. The van der Waals surface area contributed by atoms with Crippen LogP contribution in [0.5, 0.6) is 0 Å². The first-order chi connectivity index (χ1) is 6.55. The van der Waals surface area contributed by atoms with Gasteiger partial charge in [-0.1, -0.05) is 17.9 Å². The van der Waals surface area contributed by atoms with Crippen LogP contribution in [0, 0.1) is 0 Å². The lowest BCUT2D eigenvalue weighted by atomic mass is 10.4. The summed E-state index contributed by atoms with van der Waals surface area (Å²) in [6.07, 6.45) is 3.74. The summed E-state index contributed by atoms with van der Waals surface area (Å²) in [5.74, 6) is 0. The standard InChI is InChI=1S/C10H20O2Si2/c1-6-10(7-2)13-11-9-12-14(4,5)8-3/h6-8,10H,1-3,9,13H2,4-5H3. The van der Waals surface area contributed by atoms with Crippen LogP contribution in [0.2, 0.25) is 18.6 Å². The molecule has 0 rings (SSSR count). The summed E-state index contributed by atoms with van der Waals surface area (Å²) in [4.78, 5) is 0. The molecule has 0 radical (unpaired) electrons. The third kappa shape index (κ3) is 6.09. The van der Waals surface area contributed by atoms with Gasteiger partial charge in [0, 0.05) is 5.54 Å². The summed E-state index contributed by atoms with van der Waals surface area (Å²) < 4.78 is 11.1. The fraction of sp³-hybridized carbons (Fsp3) is 0.400. The third-order valence-electron chi connectivity index (χ3n) is 1.92. The van der Waals surface area contributed by atoms with E-state index < -0.39 is 18.1 Å². The molecule has 0 saturated carbocycles. The molecule has 80 valence electrons. The van der Waals surface area contributed by atoms with Crippen LogP contribution >= 0.6 is 0 Å². The maximum absolute atomic E-state index is 5.58. The lowest BCUT2D eigenvalue weighted by Crippen LogP contribution is -2.29. The molecule has 0 bridgehead atoms. The Bertz CT molecular complexity index is 194. The molecule has 0 heterocycles. The van der Waals surface area contributed by atoms with Gasteiger partial charge in [-0.15, -0.1) is 19.7 Å². The zero-order chi connectivity index (χ0) is 11.0. The second-order valence-corrected chi connectivity index (χ2v) is 9.16. The molecule has 0 aliphatic heterocycles. The van der Waals surface area contributed by atoms with E-state index in [9.17, 15) is 0 Å². The number of allylic oxidation sites excluding steroid dienone is 2. The van der Waals surface area contributed by atoms with Gasteiger partial charge in [-0.25, -0.2) is 0 Å². The van der Waals surface area contributed by atoms with E-state index in [0.29, 0.717) is 12.3 Å². The zero-order valence-corrected chi connectivity index (χ0v) is 11.6. The molecule has 0 aromatic rings. The van der Waals surface area contributed by atoms with Gasteiger partial charge < -0.3 is 8.85 Å². The van der Waals surface area contributed by atoms with Gasteiger partial charge in [-0.2, -0.15) is 0 Å². The third-order valence-corrected chi connectivity index (χ3v) is 5.22. The van der Waals surface area contributed by atoms with Gasteiger partial charge in [0.2, 0.25) is 8.32 Å². The molecular formula is C10H20O2Si2. The summed E-state index contributed by atoms with van der Waals surface area (Å²) in [6.45, 7) is 15.7. The maximum Gasteiger partial charge on any atom is 0.213 e. The highest BCUT2D eigenvalue weighted by Gasteiger charge is 2.16. The molecule has 0 atom stereocenters. The normalized spacial score (nSPS) is 12.2. The van der Waals surface area contributed by atoms with E-state index in [1.165, 1.54) is 0 Å². The molecule has 0 saturated heterocycles. The zero-order valence-electron chi connectivity index (χ0n) is 9.16. The van der Waals surface area contributed by atoms with Gasteiger partial charge in [0.25, 0.3) is 0 Å². The first kappa shape index (κ1) is 13.6. The van der Waals surface area contributed by atoms with Gasteiger partial charge >= 0.3 is 0 Å². The summed E-state index contributed by atoms with van der Waals surface area (Å²) in [5, 5.41) is 0. The maximum atomic E-state index is 5.58. The molecule has 0 spiro atoms. The Morgan fingerprint density at radius 1 is 1.29 bits per heavy atom. The minimum Gasteiger partial charge on any atom is -0.402 e. The minimum absolute atomic E-state index is 0.340. The highest BCUT2D eigenvalue weighted by Crippen LogP contribution is 2.07. The van der Waals surface area contributed by atoms with E-state index in [1.54, 1.807) is 0 Å². The second-order valence-electron chi connectivity index (χ2n) is 3.58. The van der Waals surface area contributed by atoms with Crippen LogP contribution in [0.1, 0.15) is 0 Å². The van der Waals surface area contributed by atoms with Crippen molar-refractivity contribution in [1.29, 1.82) is 0 Å². The highest BCUT2D eigenvalue weighted by molar-refractivity contribution is 6.76. The van der Waals surface area contributed by atoms with Gasteiger partial charge in [0.05, 0.1) is 0 Å². The van der Waals surface area contributed by atoms with Gasteiger partial charge in [-0.3, -0.25) is 0 Å². The van der Waals surface area contributed by atoms with Crippen LogP contribution in [0.25, 0.3) is 0 Å². The molecule has 2 nitrogen and oxygen atoms in total. The molecule has 14 heavy (non-hydrogen) atoms. The Labute approximate surface area is 90.4 Å². The van der Waals surface area contributed by atoms with E-state index in [-0.39, 0.29) is 0 Å². The Hall–Kier alpha value is -0.426. The summed E-state index contributed by atoms with van der Waals surface area (Å²) >= 11 is 0. The number of rotatable bonds is 8. The van der Waals surface area contributed by atoms with E-state index in [2.05, 4.69) is 32.8 Å². The predicted molar refractivity (Wildman–Crippen MR) is 67.4 cm³/mol. The van der Waals surface area contributed by atoms with Crippen molar-refractivity contribution in [1.82, 2.24) is 0 Å². The van der Waals surface area contributed by atoms with Crippen molar-refractivity contribution < 1.29 is 8.85 Å². The van der Waals surface area contributed by atoms with Crippen molar-refractivity contribution in [2.45, 2.75) is 18.6 Å². The molecule has 0 aromatic heterocycles. The van der Waals surface area contributed by atoms with Crippen molar-refractivity contribution >= 4 is 18.1 Å². The van der Waals surface area contributed by atoms with Crippen LogP contribution < -0.4 is 0 Å². The van der Waals surface area contributed by atoms with Crippen molar-refractivity contribution in [3.05, 3.63) is 37.6 Å². The SMILES string of the molecule is C=CC(C=C)[SiH2]OCO[Si](C)(C)C=C. The molecule has 0 N–H and O–H groups in total. The Balaban J connectivity index is 3.60. The Morgan fingerprint density at radius 3 is 2.29 bits per heavy atom. The lowest BCUT2D eigenvalue weighted by molar-refractivity contribution is 0.119. The first-order valence-corrected chi connectivity index (χ1v) is 9.04. The van der Waals surface area contributed by atoms with E-state index in [4.69, 9.17) is 8.85 Å². The molecule has 0 aromatic carbocycles. The highest BCUT2D eigenvalue weighted by atomic mass is 28.4. The minimum atomic E-state index is -1.66. The fourth-order valence-electron chi connectivity index (χ4n) is 0.669. The largest absolute Gasteiger partial charge is 0.402 e. The lowest BCUT2D eigenvalue weighted by Gasteiger charge is -2.18. The fourth-order valence-corrected chi connectivity index (χ4v) is 2.06. The van der Waals surface area contributed by atoms with Crippen molar-refractivity contribution in [3.8, 4) is 0 Å². The smallest absolute Gasteiger partial charge is 0.213 e. The number of hydrogen-bond donors (Lipinski definition) is 0. The average molecular weight is 228 g/mol. The molecule has 0 aliphatic rings. The van der Waals surface area contributed by atoms with Crippen molar-refractivity contribution in [2.24, 2.45) is 0 Å². The van der Waals surface area contributed by atoms with Crippen molar-refractivity contribution in [3.63, 3.8) is 0 Å².